The Kier molecular flexibility index (Phi) is 8.38. The molecule has 0 unspecified atom stereocenters. The number of rotatable bonds is 8. The molecule has 8 nitrogen and oxygen atoms in total. The topological polar surface area (TPSA) is 101 Å². The number of carbonyl (C=O) groups is 3. The maximum Gasteiger partial charge on any atom is 0.337 e. The fourth-order valence-electron chi connectivity index (χ4n) is 3.35. The number of Topliss-reactive ketones (excluding diaryl/α,β-unsaturated/α-hetero) is 1. The van der Waals surface area contributed by atoms with E-state index >= 15 is 0 Å². The molecular formula is C26H25NO7S. The summed E-state index contributed by atoms with van der Waals surface area (Å²) in [6.07, 6.45) is 2.95. The zero-order valence-corrected chi connectivity index (χ0v) is 20.6. The smallest absolute Gasteiger partial charge is 0.337 e. The van der Waals surface area contributed by atoms with Gasteiger partial charge in [0.05, 0.1) is 43.5 Å². The van der Waals surface area contributed by atoms with Gasteiger partial charge in [0.15, 0.2) is 5.78 Å². The highest BCUT2D eigenvalue weighted by Crippen LogP contribution is 2.20. The Morgan fingerprint density at radius 3 is 2.31 bits per heavy atom. The largest absolute Gasteiger partial charge is 0.496 e. The van der Waals surface area contributed by atoms with E-state index < -0.39 is 11.9 Å². The molecule has 3 aromatic rings. The van der Waals surface area contributed by atoms with Crippen LogP contribution in [-0.2, 0) is 20.8 Å². The Morgan fingerprint density at radius 2 is 1.71 bits per heavy atom. The van der Waals surface area contributed by atoms with Crippen molar-refractivity contribution in [3.05, 3.63) is 84.3 Å². The first-order valence-corrected chi connectivity index (χ1v) is 11.5. The highest BCUT2D eigenvalue weighted by atomic mass is 32.1. The van der Waals surface area contributed by atoms with E-state index in [1.807, 2.05) is 0 Å². The number of benzene rings is 2. The zero-order chi connectivity index (χ0) is 25.5. The van der Waals surface area contributed by atoms with Crippen LogP contribution in [0.5, 0.6) is 5.75 Å². The molecule has 1 heterocycles. The number of carbonyl (C=O) groups excluding carboxylic acids is 3. The second-order valence-electron chi connectivity index (χ2n) is 7.43. The lowest BCUT2D eigenvalue weighted by Crippen LogP contribution is -2.32. The van der Waals surface area contributed by atoms with Crippen molar-refractivity contribution in [1.29, 1.82) is 0 Å². The molecule has 35 heavy (non-hydrogen) atoms. The van der Waals surface area contributed by atoms with Gasteiger partial charge in [0.2, 0.25) is 0 Å². The van der Waals surface area contributed by atoms with Gasteiger partial charge < -0.3 is 14.2 Å². The van der Waals surface area contributed by atoms with E-state index in [0.29, 0.717) is 37.2 Å². The van der Waals surface area contributed by atoms with Crippen molar-refractivity contribution >= 4 is 41.2 Å². The quantitative estimate of drug-likeness (QED) is 0.349. The second kappa shape index (κ2) is 11.4. The van der Waals surface area contributed by atoms with Crippen LogP contribution in [0.15, 0.2) is 47.3 Å². The van der Waals surface area contributed by atoms with E-state index in [0.717, 1.165) is 11.3 Å². The molecule has 2 aromatic carbocycles. The number of hydrogen-bond acceptors (Lipinski definition) is 8. The SMILES string of the molecule is CCOC(=O)/C=c1\s/c(=C/c2ccc(C(=O)OC)cc2)c(=O)n1Cc1cc(C(C)=O)ccc1OC. The van der Waals surface area contributed by atoms with Crippen molar-refractivity contribution in [3.8, 4) is 5.75 Å². The summed E-state index contributed by atoms with van der Waals surface area (Å²) in [5.41, 5.74) is 1.87. The Labute approximate surface area is 205 Å². The summed E-state index contributed by atoms with van der Waals surface area (Å²) in [6.45, 7) is 3.44. The third-order valence-electron chi connectivity index (χ3n) is 5.11. The first kappa shape index (κ1) is 25.6. The van der Waals surface area contributed by atoms with Crippen LogP contribution in [0.2, 0.25) is 0 Å². The molecule has 0 saturated heterocycles. The van der Waals surface area contributed by atoms with E-state index in [1.54, 1.807) is 55.5 Å². The molecule has 0 aliphatic rings. The lowest BCUT2D eigenvalue weighted by Gasteiger charge is -2.10. The van der Waals surface area contributed by atoms with Gasteiger partial charge in [0, 0.05) is 11.1 Å². The van der Waals surface area contributed by atoms with Gasteiger partial charge >= 0.3 is 11.9 Å². The number of nitrogens with zero attached hydrogens (tertiary/aromatic N) is 1. The average molecular weight is 496 g/mol. The van der Waals surface area contributed by atoms with Crippen molar-refractivity contribution in [2.75, 3.05) is 20.8 Å². The van der Waals surface area contributed by atoms with Gasteiger partial charge in [0.25, 0.3) is 5.56 Å². The van der Waals surface area contributed by atoms with Crippen LogP contribution < -0.4 is 19.5 Å². The molecule has 3 rings (SSSR count). The van der Waals surface area contributed by atoms with Gasteiger partial charge in [-0.3, -0.25) is 14.2 Å². The molecule has 9 heteroatoms. The molecule has 0 radical (unpaired) electrons. The van der Waals surface area contributed by atoms with Crippen molar-refractivity contribution in [3.63, 3.8) is 0 Å². The van der Waals surface area contributed by atoms with E-state index in [2.05, 4.69) is 0 Å². The minimum Gasteiger partial charge on any atom is -0.496 e. The van der Waals surface area contributed by atoms with Crippen LogP contribution in [0, 0.1) is 0 Å². The molecule has 0 fully saturated rings. The van der Waals surface area contributed by atoms with Crippen molar-refractivity contribution < 1.29 is 28.6 Å². The van der Waals surface area contributed by atoms with Gasteiger partial charge in [-0.1, -0.05) is 12.1 Å². The molecule has 0 bridgehead atoms. The lowest BCUT2D eigenvalue weighted by molar-refractivity contribution is -0.135. The van der Waals surface area contributed by atoms with Crippen LogP contribution in [-0.4, -0.2) is 43.1 Å². The van der Waals surface area contributed by atoms with E-state index in [1.165, 1.54) is 31.8 Å². The van der Waals surface area contributed by atoms with E-state index in [9.17, 15) is 19.2 Å². The van der Waals surface area contributed by atoms with Gasteiger partial charge in [-0.15, -0.1) is 11.3 Å². The number of esters is 2. The maximum absolute atomic E-state index is 13.4. The third kappa shape index (κ3) is 6.13. The molecule has 0 spiro atoms. The van der Waals surface area contributed by atoms with Gasteiger partial charge in [-0.05, 0) is 55.8 Å². The summed E-state index contributed by atoms with van der Waals surface area (Å²) in [5.74, 6) is -0.627. The minimum atomic E-state index is -0.569. The van der Waals surface area contributed by atoms with Gasteiger partial charge in [-0.25, -0.2) is 9.59 Å². The zero-order valence-electron chi connectivity index (χ0n) is 19.8. The Morgan fingerprint density at radius 1 is 1.03 bits per heavy atom. The molecule has 182 valence electrons. The van der Waals surface area contributed by atoms with E-state index in [4.69, 9.17) is 14.2 Å². The van der Waals surface area contributed by atoms with E-state index in [-0.39, 0.29) is 24.5 Å². The maximum atomic E-state index is 13.4. The monoisotopic (exact) mass is 495 g/mol. The molecule has 0 aliphatic carbocycles. The molecule has 0 aliphatic heterocycles. The normalized spacial score (nSPS) is 11.9. The number of hydrogen-bond donors (Lipinski definition) is 0. The second-order valence-corrected chi connectivity index (χ2v) is 8.50. The summed E-state index contributed by atoms with van der Waals surface area (Å²) in [6, 6.07) is 11.6. The summed E-state index contributed by atoms with van der Waals surface area (Å²) >= 11 is 1.13. The van der Waals surface area contributed by atoms with Crippen LogP contribution >= 0.6 is 11.3 Å². The number of thiazole rings is 1. The predicted molar refractivity (Wildman–Crippen MR) is 132 cm³/mol. The average Bonchev–Trinajstić information content (AvgIpc) is 3.12. The summed E-state index contributed by atoms with van der Waals surface area (Å²) in [7, 11) is 2.81. The molecule has 0 N–H and O–H groups in total. The summed E-state index contributed by atoms with van der Waals surface area (Å²) < 4.78 is 17.4. The van der Waals surface area contributed by atoms with Crippen molar-refractivity contribution in [2.45, 2.75) is 20.4 Å². The van der Waals surface area contributed by atoms with Crippen molar-refractivity contribution in [2.24, 2.45) is 0 Å². The van der Waals surface area contributed by atoms with Crippen LogP contribution in [0.4, 0.5) is 0 Å². The molecule has 0 atom stereocenters. The van der Waals surface area contributed by atoms with Crippen LogP contribution in [0.25, 0.3) is 12.2 Å². The Balaban J connectivity index is 2.15. The number of ketones is 1. The summed E-state index contributed by atoms with van der Waals surface area (Å²) in [5, 5.41) is 0. The lowest BCUT2D eigenvalue weighted by atomic mass is 10.1. The summed E-state index contributed by atoms with van der Waals surface area (Å²) in [4.78, 5) is 49.1. The highest BCUT2D eigenvalue weighted by Gasteiger charge is 2.13. The molecule has 0 saturated carbocycles. The standard InChI is InChI=1S/C26H25NO7S/c1-5-34-24(29)14-23-27(15-20-13-19(16(2)28)10-11-21(20)32-3)25(30)22(35-23)12-17-6-8-18(9-7-17)26(31)33-4/h6-14H,5,15H2,1-4H3/b22-12+,23-14-. The first-order chi connectivity index (χ1) is 16.8. The fourth-order valence-corrected chi connectivity index (χ4v) is 4.38. The van der Waals surface area contributed by atoms with Gasteiger partial charge in [0.1, 0.15) is 10.4 Å². The number of aromatic nitrogens is 1. The first-order valence-electron chi connectivity index (χ1n) is 10.7. The number of ether oxygens (including phenoxy) is 3. The Bertz CT molecular complexity index is 1430. The fraction of sp³-hybridized carbons (Fsp3) is 0.231. The molecular weight excluding hydrogens is 470 g/mol. The van der Waals surface area contributed by atoms with Crippen molar-refractivity contribution in [1.82, 2.24) is 4.57 Å². The number of methoxy groups -OCH3 is 2. The minimum absolute atomic E-state index is 0.0833. The van der Waals surface area contributed by atoms with Crippen LogP contribution in [0.1, 0.15) is 45.7 Å². The third-order valence-corrected chi connectivity index (χ3v) is 6.17. The van der Waals surface area contributed by atoms with Gasteiger partial charge in [-0.2, -0.15) is 0 Å². The van der Waals surface area contributed by atoms with Crippen LogP contribution in [0.3, 0.4) is 0 Å². The predicted octanol–water partition coefficient (Wildman–Crippen LogP) is 2.13. The Hall–Kier alpha value is -3.98. The molecule has 1 aromatic heterocycles. The highest BCUT2D eigenvalue weighted by molar-refractivity contribution is 7.07. The molecule has 0 amide bonds.